The number of carbonyl (C=O) groups is 1. The lowest BCUT2D eigenvalue weighted by atomic mass is 10.2. The zero-order valence-electron chi connectivity index (χ0n) is 14.6. The molecule has 0 aromatic rings. The summed E-state index contributed by atoms with van der Waals surface area (Å²) in [4.78, 5) is 19.5. The number of aliphatic imine (C=N–C) groups is 1. The van der Waals surface area contributed by atoms with E-state index in [2.05, 4.69) is 10.3 Å². The van der Waals surface area contributed by atoms with Gasteiger partial charge < -0.3 is 15.1 Å². The Labute approximate surface area is 156 Å². The molecule has 0 radical (unpaired) electrons. The molecule has 1 aliphatic rings. The number of guanidine groups is 1. The molecule has 0 aliphatic carbocycles. The molecular weight excluding hydrogens is 431 g/mol. The molecule has 1 rings (SSSR count). The van der Waals surface area contributed by atoms with Gasteiger partial charge in [0, 0.05) is 33.7 Å². The van der Waals surface area contributed by atoms with Crippen molar-refractivity contribution in [2.24, 2.45) is 4.99 Å². The summed E-state index contributed by atoms with van der Waals surface area (Å²) in [6, 6.07) is 0. The fourth-order valence-electron chi connectivity index (χ4n) is 2.11. The van der Waals surface area contributed by atoms with Crippen molar-refractivity contribution in [2.45, 2.75) is 31.9 Å². The Bertz CT molecular complexity index is 532. The van der Waals surface area contributed by atoms with E-state index in [1.807, 2.05) is 11.8 Å². The Morgan fingerprint density at radius 1 is 1.35 bits per heavy atom. The topological polar surface area (TPSA) is 82.1 Å². The van der Waals surface area contributed by atoms with Gasteiger partial charge in [0.1, 0.15) is 6.54 Å². The number of likely N-dealkylation sites (N-methyl/N-ethyl adjacent to an activating group) is 1. The minimum Gasteiger partial charge on any atom is -0.356 e. The number of sulfone groups is 1. The highest BCUT2D eigenvalue weighted by molar-refractivity contribution is 14.0. The molecule has 0 saturated carbocycles. The zero-order valence-corrected chi connectivity index (χ0v) is 17.8. The van der Waals surface area contributed by atoms with Crippen LogP contribution in [0.15, 0.2) is 4.99 Å². The maximum absolute atomic E-state index is 12.1. The summed E-state index contributed by atoms with van der Waals surface area (Å²) in [5, 5.41) is 3.21. The summed E-state index contributed by atoms with van der Waals surface area (Å²) in [5.74, 6) is 0.633. The first kappa shape index (κ1) is 22.4. The fraction of sp³-hybridized carbons (Fsp3) is 0.857. The number of amides is 1. The van der Waals surface area contributed by atoms with Gasteiger partial charge in [-0.1, -0.05) is 6.92 Å². The van der Waals surface area contributed by atoms with Crippen molar-refractivity contribution < 1.29 is 13.2 Å². The molecule has 1 aliphatic heterocycles. The third-order valence-electron chi connectivity index (χ3n) is 3.74. The predicted octanol–water partition coefficient (Wildman–Crippen LogP) is 0.557. The molecule has 1 amide bonds. The van der Waals surface area contributed by atoms with Crippen molar-refractivity contribution in [1.82, 2.24) is 15.1 Å². The Balaban J connectivity index is 0.00000484. The number of nitrogens with zero attached hydrogens (tertiary/aromatic N) is 3. The van der Waals surface area contributed by atoms with E-state index in [4.69, 9.17) is 0 Å². The van der Waals surface area contributed by atoms with Crippen LogP contribution in [-0.4, -0.2) is 80.9 Å². The van der Waals surface area contributed by atoms with Crippen LogP contribution in [0.3, 0.4) is 0 Å². The Kier molecular flexibility index (Phi) is 8.82. The van der Waals surface area contributed by atoms with Crippen LogP contribution in [0.25, 0.3) is 0 Å². The lowest BCUT2D eigenvalue weighted by molar-refractivity contribution is -0.127. The summed E-state index contributed by atoms with van der Waals surface area (Å²) in [6.45, 7) is 7.08. The van der Waals surface area contributed by atoms with Crippen LogP contribution in [-0.2, 0) is 14.6 Å². The molecule has 7 nitrogen and oxygen atoms in total. The molecular formula is C14H29IN4O3S. The monoisotopic (exact) mass is 460 g/mol. The normalized spacial score (nSPS) is 19.7. The van der Waals surface area contributed by atoms with E-state index in [1.54, 1.807) is 27.9 Å². The standard InChI is InChI=1S/C14H28N4O3S.HI/c1-6-7-15-13(16-10-12(19)17(4)5)18-8-9-22(20,21)14(2,3)11-18;/h6-11H2,1-5H3,(H,15,16);1H. The van der Waals surface area contributed by atoms with Gasteiger partial charge in [-0.15, -0.1) is 24.0 Å². The van der Waals surface area contributed by atoms with Gasteiger partial charge in [-0.3, -0.25) is 4.79 Å². The predicted molar refractivity (Wildman–Crippen MR) is 104 cm³/mol. The molecule has 0 aromatic carbocycles. The molecule has 0 bridgehead atoms. The maximum atomic E-state index is 12.1. The Morgan fingerprint density at radius 3 is 2.43 bits per heavy atom. The van der Waals surface area contributed by atoms with Crippen LogP contribution in [0.1, 0.15) is 27.2 Å². The van der Waals surface area contributed by atoms with Gasteiger partial charge in [0.25, 0.3) is 0 Å². The second kappa shape index (κ2) is 9.05. The number of hydrogen-bond donors (Lipinski definition) is 1. The number of hydrogen-bond acceptors (Lipinski definition) is 4. The molecule has 1 saturated heterocycles. The molecule has 0 atom stereocenters. The first-order valence-corrected chi connectivity index (χ1v) is 9.21. The lowest BCUT2D eigenvalue weighted by Gasteiger charge is -2.39. The number of nitrogens with one attached hydrogen (secondary N) is 1. The second-order valence-electron chi connectivity index (χ2n) is 6.35. The average molecular weight is 460 g/mol. The van der Waals surface area contributed by atoms with E-state index < -0.39 is 14.6 Å². The summed E-state index contributed by atoms with van der Waals surface area (Å²) in [5.41, 5.74) is 0. The fourth-order valence-corrected chi connectivity index (χ4v) is 3.48. The van der Waals surface area contributed by atoms with Crippen LogP contribution in [0, 0.1) is 0 Å². The van der Waals surface area contributed by atoms with E-state index in [-0.39, 0.29) is 42.2 Å². The molecule has 9 heteroatoms. The summed E-state index contributed by atoms with van der Waals surface area (Å²) < 4.78 is 23.4. The van der Waals surface area contributed by atoms with Crippen LogP contribution in [0.2, 0.25) is 0 Å². The van der Waals surface area contributed by atoms with Gasteiger partial charge in [-0.05, 0) is 20.3 Å². The van der Waals surface area contributed by atoms with Crippen molar-refractivity contribution in [3.63, 3.8) is 0 Å². The van der Waals surface area contributed by atoms with Crippen LogP contribution in [0.4, 0.5) is 0 Å². The highest BCUT2D eigenvalue weighted by atomic mass is 127. The van der Waals surface area contributed by atoms with E-state index in [0.717, 1.165) is 13.0 Å². The van der Waals surface area contributed by atoms with Crippen LogP contribution < -0.4 is 5.32 Å². The minimum absolute atomic E-state index is 0. The smallest absolute Gasteiger partial charge is 0.243 e. The number of rotatable bonds is 4. The molecule has 1 fully saturated rings. The first-order chi connectivity index (χ1) is 10.1. The van der Waals surface area contributed by atoms with E-state index in [1.165, 1.54) is 4.90 Å². The highest BCUT2D eigenvalue weighted by Crippen LogP contribution is 2.23. The Morgan fingerprint density at radius 2 is 1.96 bits per heavy atom. The first-order valence-electron chi connectivity index (χ1n) is 7.56. The van der Waals surface area contributed by atoms with E-state index >= 15 is 0 Å². The highest BCUT2D eigenvalue weighted by Gasteiger charge is 2.41. The molecule has 1 heterocycles. The molecule has 1 N–H and O–H groups in total. The largest absolute Gasteiger partial charge is 0.356 e. The summed E-state index contributed by atoms with van der Waals surface area (Å²) >= 11 is 0. The molecule has 23 heavy (non-hydrogen) atoms. The second-order valence-corrected chi connectivity index (χ2v) is 9.10. The van der Waals surface area contributed by atoms with Gasteiger partial charge in [-0.2, -0.15) is 0 Å². The van der Waals surface area contributed by atoms with E-state index in [9.17, 15) is 13.2 Å². The quantitative estimate of drug-likeness (QED) is 0.377. The van der Waals surface area contributed by atoms with Gasteiger partial charge in [-0.25, -0.2) is 13.4 Å². The Hall–Kier alpha value is -0.580. The van der Waals surface area contributed by atoms with Gasteiger partial charge in [0.2, 0.25) is 5.91 Å². The molecule has 0 spiro atoms. The van der Waals surface area contributed by atoms with Crippen molar-refractivity contribution in [1.29, 1.82) is 0 Å². The van der Waals surface area contributed by atoms with Gasteiger partial charge in [0.05, 0.1) is 10.5 Å². The summed E-state index contributed by atoms with van der Waals surface area (Å²) in [7, 11) is 0.284. The van der Waals surface area contributed by atoms with Crippen LogP contribution >= 0.6 is 24.0 Å². The van der Waals surface area contributed by atoms with Crippen molar-refractivity contribution >= 4 is 45.7 Å². The summed E-state index contributed by atoms with van der Waals surface area (Å²) in [6.07, 6.45) is 0.927. The number of halogens is 1. The van der Waals surface area contributed by atoms with Crippen molar-refractivity contribution in [3.05, 3.63) is 0 Å². The van der Waals surface area contributed by atoms with E-state index in [0.29, 0.717) is 19.0 Å². The van der Waals surface area contributed by atoms with Crippen molar-refractivity contribution in [2.75, 3.05) is 46.0 Å². The van der Waals surface area contributed by atoms with Crippen molar-refractivity contribution in [3.8, 4) is 0 Å². The molecule has 136 valence electrons. The maximum Gasteiger partial charge on any atom is 0.243 e. The molecule has 0 aromatic heterocycles. The lowest BCUT2D eigenvalue weighted by Crippen LogP contribution is -2.57. The number of carbonyl (C=O) groups excluding carboxylic acids is 1. The molecule has 0 unspecified atom stereocenters. The minimum atomic E-state index is -3.09. The van der Waals surface area contributed by atoms with Gasteiger partial charge in [0.15, 0.2) is 15.8 Å². The average Bonchev–Trinajstić information content (AvgIpc) is 2.42. The SMILES string of the molecule is CCCNC(=NCC(=O)N(C)C)N1CCS(=O)(=O)C(C)(C)C1.I. The van der Waals surface area contributed by atoms with Crippen LogP contribution in [0.5, 0.6) is 0 Å². The third-order valence-corrected chi connectivity index (χ3v) is 6.27. The third kappa shape index (κ3) is 6.09. The zero-order chi connectivity index (χ0) is 17.0. The van der Waals surface area contributed by atoms with Gasteiger partial charge >= 0.3 is 0 Å².